The number of rotatable bonds is 11. The summed E-state index contributed by atoms with van der Waals surface area (Å²) in [7, 11) is 3.76. The molecule has 4 aliphatic carbocycles. The molecule has 0 spiro atoms. The average Bonchev–Trinajstić information content (AvgIpc) is 4.12. The van der Waals surface area contributed by atoms with Crippen LogP contribution in [-0.4, -0.2) is 78.0 Å². The molecular formula is C47H54ClN9O4. The Balaban J connectivity index is 0.813. The number of hydrogen-bond donors (Lipinski definition) is 3. The summed E-state index contributed by atoms with van der Waals surface area (Å²) in [4.78, 5) is 54.2. The van der Waals surface area contributed by atoms with E-state index in [9.17, 15) is 24.8 Å². The Morgan fingerprint density at radius 2 is 1.41 bits per heavy atom. The number of aromatic nitrogens is 4. The minimum absolute atomic E-state index is 0.126. The van der Waals surface area contributed by atoms with Gasteiger partial charge >= 0.3 is 5.97 Å². The molecule has 318 valence electrons. The largest absolute Gasteiger partial charge is 0.481 e. The number of carboxylic acids is 1. The van der Waals surface area contributed by atoms with E-state index in [2.05, 4.69) is 26.5 Å². The number of carboxylic acid groups (broad SMARTS) is 1. The molecule has 61 heavy (non-hydrogen) atoms. The zero-order valence-electron chi connectivity index (χ0n) is 35.2. The van der Waals surface area contributed by atoms with Crippen molar-refractivity contribution < 1.29 is 19.5 Å². The number of imidazole rings is 2. The summed E-state index contributed by atoms with van der Waals surface area (Å²) in [5, 5.41) is 26.5. The highest BCUT2D eigenvalue weighted by Crippen LogP contribution is 2.63. The van der Waals surface area contributed by atoms with Crippen LogP contribution in [0.3, 0.4) is 0 Å². The van der Waals surface area contributed by atoms with Crippen molar-refractivity contribution in [2.45, 2.75) is 96.6 Å². The highest BCUT2D eigenvalue weighted by molar-refractivity contribution is 6.36. The van der Waals surface area contributed by atoms with Crippen LogP contribution in [0.2, 0.25) is 5.02 Å². The molecule has 10 rings (SSSR count). The van der Waals surface area contributed by atoms with Gasteiger partial charge < -0.3 is 24.9 Å². The van der Waals surface area contributed by atoms with Gasteiger partial charge in [0.2, 0.25) is 0 Å². The maximum atomic E-state index is 13.9. The van der Waals surface area contributed by atoms with Crippen LogP contribution in [0.1, 0.15) is 120 Å². The predicted molar refractivity (Wildman–Crippen MR) is 231 cm³/mol. The molecule has 2 amide bonds. The van der Waals surface area contributed by atoms with Crippen LogP contribution in [0, 0.1) is 33.5 Å². The van der Waals surface area contributed by atoms with E-state index in [1.54, 1.807) is 36.4 Å². The van der Waals surface area contributed by atoms with Gasteiger partial charge in [-0.25, -0.2) is 9.97 Å². The number of amides is 2. The fourth-order valence-electron chi connectivity index (χ4n) is 12.5. The highest BCUT2D eigenvalue weighted by atomic mass is 35.5. The molecule has 14 heteroatoms. The molecule has 0 atom stereocenters. The second-order valence-corrected chi connectivity index (χ2v) is 19.7. The summed E-state index contributed by atoms with van der Waals surface area (Å²) in [6.07, 6.45) is 13.7. The third kappa shape index (κ3) is 6.95. The quantitative estimate of drug-likeness (QED) is 0.138. The van der Waals surface area contributed by atoms with E-state index in [4.69, 9.17) is 21.6 Å². The van der Waals surface area contributed by atoms with Gasteiger partial charge in [0.05, 0.1) is 38.8 Å². The Hall–Kier alpha value is -5.03. The van der Waals surface area contributed by atoms with Gasteiger partial charge in [-0.2, -0.15) is 5.26 Å². The third-order valence-electron chi connectivity index (χ3n) is 15.9. The van der Waals surface area contributed by atoms with E-state index in [0.29, 0.717) is 40.3 Å². The molecule has 2 aliphatic heterocycles. The SMILES string of the molecule is Cn1c(C(=O)Nc2cccc(-c3cccc(NC(=O)c4nc5c(n4C)CCN(CC46CCC(CC4)C6)C5)c3C#N)c2Cl)nc2c1CCN(CCC13CCC(C(=O)O)(CC1)C3)C2. The number of nitrogens with one attached hydrogen (secondary N) is 2. The van der Waals surface area contributed by atoms with Crippen LogP contribution >= 0.6 is 11.6 Å². The first-order valence-corrected chi connectivity index (χ1v) is 22.5. The number of carbonyl (C=O) groups excluding carboxylic acids is 2. The van der Waals surface area contributed by atoms with E-state index in [-0.39, 0.29) is 27.7 Å². The van der Waals surface area contributed by atoms with Gasteiger partial charge in [-0.05, 0) is 106 Å². The topological polar surface area (TPSA) is 161 Å². The van der Waals surface area contributed by atoms with Gasteiger partial charge in [0, 0.05) is 82.2 Å². The van der Waals surface area contributed by atoms with Crippen LogP contribution in [-0.2, 0) is 44.8 Å². The predicted octanol–water partition coefficient (Wildman–Crippen LogP) is 7.57. The van der Waals surface area contributed by atoms with Gasteiger partial charge in [0.1, 0.15) is 6.07 Å². The fourth-order valence-corrected chi connectivity index (χ4v) is 12.7. The summed E-state index contributed by atoms with van der Waals surface area (Å²) in [6.45, 7) is 5.19. The second-order valence-electron chi connectivity index (χ2n) is 19.3. The zero-order chi connectivity index (χ0) is 42.3. The number of fused-ring (bicyclic) bond motifs is 6. The van der Waals surface area contributed by atoms with Crippen LogP contribution in [0.15, 0.2) is 36.4 Å². The van der Waals surface area contributed by atoms with Gasteiger partial charge in [-0.1, -0.05) is 35.9 Å². The first-order valence-electron chi connectivity index (χ1n) is 22.1. The Kier molecular flexibility index (Phi) is 9.92. The number of anilines is 2. The summed E-state index contributed by atoms with van der Waals surface area (Å²) >= 11 is 7.03. The number of halogens is 1. The molecule has 0 radical (unpaired) electrons. The maximum absolute atomic E-state index is 13.9. The molecule has 4 heterocycles. The molecule has 4 saturated carbocycles. The molecular weight excluding hydrogens is 790 g/mol. The minimum Gasteiger partial charge on any atom is -0.481 e. The van der Waals surface area contributed by atoms with Crippen molar-refractivity contribution in [1.29, 1.82) is 5.26 Å². The minimum atomic E-state index is -0.630. The third-order valence-corrected chi connectivity index (χ3v) is 16.3. The number of benzene rings is 2. The van der Waals surface area contributed by atoms with Crippen molar-refractivity contribution in [3.8, 4) is 17.2 Å². The zero-order valence-corrected chi connectivity index (χ0v) is 35.9. The molecule has 6 aliphatic rings. The summed E-state index contributed by atoms with van der Waals surface area (Å²) in [6, 6.07) is 12.8. The number of aliphatic carboxylic acids is 1. The molecule has 0 unspecified atom stereocenters. The Labute approximate surface area is 361 Å². The standard InChI is InChI=1S/C47H54ClN9O4/c1-54-37-11-20-56(22-19-45-15-17-47(27-45,18-16-45)44(60)61)25-35(37)50-41(54)43(59)53-34-8-4-6-31(39(34)48)30-5-3-7-33(32(30)24-49)52-42(58)40-51-36-26-57(21-12-38(36)55(40)2)28-46-13-9-29(23-46)10-14-46/h3-8,29H,9-23,25-28H2,1-2H3,(H,52,58)(H,53,59)(H,60,61). The molecule has 4 aromatic rings. The number of nitrogens with zero attached hydrogens (tertiary/aromatic N) is 7. The van der Waals surface area contributed by atoms with Crippen LogP contribution < -0.4 is 10.6 Å². The van der Waals surface area contributed by atoms with E-state index in [0.717, 1.165) is 113 Å². The van der Waals surface area contributed by atoms with E-state index < -0.39 is 17.3 Å². The smallest absolute Gasteiger partial charge is 0.309 e. The van der Waals surface area contributed by atoms with Crippen LogP contribution in [0.25, 0.3) is 11.1 Å². The van der Waals surface area contributed by atoms with Crippen LogP contribution in [0.4, 0.5) is 11.4 Å². The maximum Gasteiger partial charge on any atom is 0.309 e. The van der Waals surface area contributed by atoms with Gasteiger partial charge in [-0.15, -0.1) is 0 Å². The summed E-state index contributed by atoms with van der Waals surface area (Å²) in [5.41, 5.74) is 6.05. The van der Waals surface area contributed by atoms with Crippen molar-refractivity contribution in [3.05, 3.63) is 81.4 Å². The van der Waals surface area contributed by atoms with E-state index in [1.165, 1.54) is 32.1 Å². The van der Waals surface area contributed by atoms with Crippen molar-refractivity contribution in [2.75, 3.05) is 36.8 Å². The highest BCUT2D eigenvalue weighted by Gasteiger charge is 2.58. The molecule has 13 nitrogen and oxygen atoms in total. The number of nitriles is 1. The lowest BCUT2D eigenvalue weighted by Crippen LogP contribution is -2.39. The number of carbonyl (C=O) groups is 3. The second kappa shape index (κ2) is 15.1. The van der Waals surface area contributed by atoms with Gasteiger partial charge in [0.15, 0.2) is 11.6 Å². The Morgan fingerprint density at radius 3 is 2.00 bits per heavy atom. The number of hydrogen-bond acceptors (Lipinski definition) is 8. The van der Waals surface area contributed by atoms with Crippen molar-refractivity contribution >= 4 is 40.8 Å². The summed E-state index contributed by atoms with van der Waals surface area (Å²) in [5.74, 6) is 0.110. The summed E-state index contributed by atoms with van der Waals surface area (Å²) < 4.78 is 3.76. The lowest BCUT2D eigenvalue weighted by Gasteiger charge is -2.35. The van der Waals surface area contributed by atoms with Crippen molar-refractivity contribution in [2.24, 2.45) is 36.3 Å². The average molecular weight is 844 g/mol. The first-order chi connectivity index (χ1) is 29.4. The molecule has 4 fully saturated rings. The van der Waals surface area contributed by atoms with Crippen molar-refractivity contribution in [1.82, 2.24) is 28.9 Å². The fraction of sp³-hybridized carbons (Fsp3) is 0.532. The normalized spacial score (nSPS) is 26.6. The van der Waals surface area contributed by atoms with E-state index >= 15 is 0 Å². The molecule has 3 N–H and O–H groups in total. The molecule has 4 bridgehead atoms. The van der Waals surface area contributed by atoms with Gasteiger partial charge in [0.25, 0.3) is 11.8 Å². The first kappa shape index (κ1) is 40.1. The van der Waals surface area contributed by atoms with Gasteiger partial charge in [-0.3, -0.25) is 24.2 Å². The Bertz CT molecular complexity index is 2500. The lowest BCUT2D eigenvalue weighted by molar-refractivity contribution is -0.148. The lowest BCUT2D eigenvalue weighted by atomic mass is 9.80. The molecule has 2 aromatic heterocycles. The molecule has 2 aromatic carbocycles. The van der Waals surface area contributed by atoms with Crippen molar-refractivity contribution in [3.63, 3.8) is 0 Å². The Morgan fingerprint density at radius 1 is 0.820 bits per heavy atom. The van der Waals surface area contributed by atoms with Crippen LogP contribution in [0.5, 0.6) is 0 Å². The van der Waals surface area contributed by atoms with E-state index in [1.807, 2.05) is 23.2 Å². The monoisotopic (exact) mass is 843 g/mol. The molecule has 0 saturated heterocycles.